The third kappa shape index (κ3) is 8.44. The van der Waals surface area contributed by atoms with Gasteiger partial charge in [0.15, 0.2) is 24.7 Å². The van der Waals surface area contributed by atoms with E-state index in [-0.39, 0.29) is 12.5 Å². The van der Waals surface area contributed by atoms with Crippen LogP contribution in [0.4, 0.5) is 0 Å². The van der Waals surface area contributed by atoms with E-state index < -0.39 is 30.5 Å². The molecule has 1 rings (SSSR count). The van der Waals surface area contributed by atoms with Gasteiger partial charge in [0.1, 0.15) is 6.04 Å². The Balaban J connectivity index is 2.45. The minimum atomic E-state index is -0.782. The number of benzene rings is 1. The Morgan fingerprint density at radius 2 is 1.67 bits per heavy atom. The molecule has 27 heavy (non-hydrogen) atoms. The van der Waals surface area contributed by atoms with Gasteiger partial charge >= 0.3 is 11.9 Å². The van der Waals surface area contributed by atoms with Gasteiger partial charge in [-0.1, -0.05) is 26.0 Å². The first-order valence-electron chi connectivity index (χ1n) is 8.74. The largest absolute Gasteiger partial charge is 0.490 e. The number of hydrogen-bond donors (Lipinski definition) is 1. The van der Waals surface area contributed by atoms with Crippen molar-refractivity contribution in [2.75, 3.05) is 26.9 Å². The van der Waals surface area contributed by atoms with E-state index in [1.54, 1.807) is 24.3 Å². The fourth-order valence-electron chi connectivity index (χ4n) is 2.23. The Kier molecular flexibility index (Phi) is 9.71. The normalized spacial score (nSPS) is 11.4. The summed E-state index contributed by atoms with van der Waals surface area (Å²) in [6, 6.07) is 6.14. The summed E-state index contributed by atoms with van der Waals surface area (Å²) >= 11 is 0. The fraction of sp³-hybridized carbons (Fsp3) is 0.526. The second-order valence-corrected chi connectivity index (χ2v) is 6.10. The van der Waals surface area contributed by atoms with E-state index in [4.69, 9.17) is 14.2 Å². The Morgan fingerprint density at radius 1 is 1.04 bits per heavy atom. The Labute approximate surface area is 159 Å². The highest BCUT2D eigenvalue weighted by Gasteiger charge is 2.23. The first kappa shape index (κ1) is 22.3. The van der Waals surface area contributed by atoms with Crippen molar-refractivity contribution < 1.29 is 33.3 Å². The Morgan fingerprint density at radius 3 is 2.22 bits per heavy atom. The van der Waals surface area contributed by atoms with Crippen LogP contribution in [0.5, 0.6) is 11.5 Å². The molecule has 150 valence electrons. The third-order valence-electron chi connectivity index (χ3n) is 3.39. The average molecular weight is 381 g/mol. The summed E-state index contributed by atoms with van der Waals surface area (Å²) in [4.78, 5) is 35.4. The van der Waals surface area contributed by atoms with Crippen molar-refractivity contribution in [3.63, 3.8) is 0 Å². The van der Waals surface area contributed by atoms with Gasteiger partial charge in [0.25, 0.3) is 5.91 Å². The molecule has 8 heteroatoms. The number of ether oxygens (including phenoxy) is 4. The molecule has 1 N–H and O–H groups in total. The van der Waals surface area contributed by atoms with Gasteiger partial charge in [-0.2, -0.15) is 0 Å². The molecule has 1 amide bonds. The molecule has 0 spiro atoms. The predicted octanol–water partition coefficient (Wildman–Crippen LogP) is 1.71. The van der Waals surface area contributed by atoms with E-state index >= 15 is 0 Å². The number of methoxy groups -OCH3 is 1. The van der Waals surface area contributed by atoms with E-state index in [1.165, 1.54) is 7.11 Å². The molecule has 0 fully saturated rings. The summed E-state index contributed by atoms with van der Waals surface area (Å²) in [5, 5.41) is 2.50. The zero-order valence-electron chi connectivity index (χ0n) is 16.2. The molecule has 0 saturated heterocycles. The van der Waals surface area contributed by atoms with Crippen molar-refractivity contribution in [1.29, 1.82) is 0 Å². The summed E-state index contributed by atoms with van der Waals surface area (Å²) < 4.78 is 20.3. The van der Waals surface area contributed by atoms with Crippen LogP contribution in [0.1, 0.15) is 27.2 Å². The number of nitrogens with one attached hydrogen (secondary N) is 1. The van der Waals surface area contributed by atoms with Crippen LogP contribution in [0.15, 0.2) is 24.3 Å². The molecule has 1 atom stereocenters. The van der Waals surface area contributed by atoms with E-state index in [9.17, 15) is 14.4 Å². The van der Waals surface area contributed by atoms with E-state index in [0.29, 0.717) is 24.5 Å². The highest BCUT2D eigenvalue weighted by molar-refractivity contribution is 5.86. The average Bonchev–Trinajstić information content (AvgIpc) is 2.64. The first-order chi connectivity index (χ1) is 12.9. The zero-order valence-corrected chi connectivity index (χ0v) is 16.2. The van der Waals surface area contributed by atoms with Gasteiger partial charge in [0, 0.05) is 0 Å². The van der Waals surface area contributed by atoms with E-state index in [0.717, 1.165) is 0 Å². The molecule has 1 aromatic carbocycles. The molecule has 0 heterocycles. The Hall–Kier alpha value is -2.77. The summed E-state index contributed by atoms with van der Waals surface area (Å²) in [6.07, 6.45) is 0.420. The molecule has 0 aliphatic heterocycles. The maximum Gasteiger partial charge on any atom is 0.344 e. The summed E-state index contributed by atoms with van der Waals surface area (Å²) in [5.41, 5.74) is 0. The molecule has 0 saturated carbocycles. The number of amides is 1. The van der Waals surface area contributed by atoms with Crippen LogP contribution in [0.3, 0.4) is 0 Å². The standard InChI is InChI=1S/C19H27NO7/c1-5-25-15-8-6-7-9-16(15)26-12-18(22)27-11-17(21)20-14(10-13(2)3)19(23)24-4/h6-9,13-14H,5,10-12H2,1-4H3,(H,20,21). The minimum Gasteiger partial charge on any atom is -0.490 e. The van der Waals surface area contributed by atoms with Gasteiger partial charge in [-0.05, 0) is 31.4 Å². The van der Waals surface area contributed by atoms with Gasteiger partial charge in [-0.15, -0.1) is 0 Å². The lowest BCUT2D eigenvalue weighted by Crippen LogP contribution is -2.44. The zero-order chi connectivity index (χ0) is 20.2. The summed E-state index contributed by atoms with van der Waals surface area (Å²) in [5.74, 6) is -0.748. The quantitative estimate of drug-likeness (QED) is 0.583. The molecule has 0 radical (unpaired) electrons. The molecule has 0 aliphatic carbocycles. The van der Waals surface area contributed by atoms with Gasteiger partial charge < -0.3 is 24.3 Å². The molecule has 1 unspecified atom stereocenters. The third-order valence-corrected chi connectivity index (χ3v) is 3.39. The smallest absolute Gasteiger partial charge is 0.344 e. The summed E-state index contributed by atoms with van der Waals surface area (Å²) in [7, 11) is 1.25. The number of carbonyl (C=O) groups is 3. The van der Waals surface area contributed by atoms with Crippen LogP contribution in [0.25, 0.3) is 0 Å². The van der Waals surface area contributed by atoms with Crippen LogP contribution in [-0.2, 0) is 23.9 Å². The monoisotopic (exact) mass is 381 g/mol. The summed E-state index contributed by atoms with van der Waals surface area (Å²) in [6.45, 7) is 5.25. The van der Waals surface area contributed by atoms with Gasteiger partial charge in [0.05, 0.1) is 13.7 Å². The second kappa shape index (κ2) is 11.8. The number of rotatable bonds is 11. The van der Waals surface area contributed by atoms with Crippen LogP contribution in [-0.4, -0.2) is 50.8 Å². The van der Waals surface area contributed by atoms with Crippen LogP contribution >= 0.6 is 0 Å². The lowest BCUT2D eigenvalue weighted by Gasteiger charge is -2.18. The predicted molar refractivity (Wildman–Crippen MR) is 97.5 cm³/mol. The highest BCUT2D eigenvalue weighted by Crippen LogP contribution is 2.26. The van der Waals surface area contributed by atoms with Crippen molar-refractivity contribution in [2.24, 2.45) is 5.92 Å². The Bertz CT molecular complexity index is 630. The number of esters is 2. The minimum absolute atomic E-state index is 0.177. The lowest BCUT2D eigenvalue weighted by atomic mass is 10.0. The van der Waals surface area contributed by atoms with E-state index in [2.05, 4.69) is 10.1 Å². The molecular formula is C19H27NO7. The lowest BCUT2D eigenvalue weighted by molar-refractivity contribution is -0.151. The second-order valence-electron chi connectivity index (χ2n) is 6.10. The van der Waals surface area contributed by atoms with Crippen molar-refractivity contribution in [2.45, 2.75) is 33.2 Å². The first-order valence-corrected chi connectivity index (χ1v) is 8.74. The topological polar surface area (TPSA) is 100 Å². The number of para-hydroxylation sites is 2. The molecular weight excluding hydrogens is 354 g/mol. The van der Waals surface area contributed by atoms with Gasteiger partial charge in [-0.3, -0.25) is 4.79 Å². The van der Waals surface area contributed by atoms with Gasteiger partial charge in [-0.25, -0.2) is 9.59 Å². The number of hydrogen-bond acceptors (Lipinski definition) is 7. The van der Waals surface area contributed by atoms with E-state index in [1.807, 2.05) is 20.8 Å². The fourth-order valence-corrected chi connectivity index (χ4v) is 2.23. The molecule has 8 nitrogen and oxygen atoms in total. The van der Waals surface area contributed by atoms with Crippen LogP contribution < -0.4 is 14.8 Å². The van der Waals surface area contributed by atoms with Crippen LogP contribution in [0.2, 0.25) is 0 Å². The highest BCUT2D eigenvalue weighted by atomic mass is 16.6. The molecule has 0 bridgehead atoms. The molecule has 1 aromatic rings. The van der Waals surface area contributed by atoms with Crippen LogP contribution in [0, 0.1) is 5.92 Å². The maximum atomic E-state index is 11.9. The molecule has 0 aromatic heterocycles. The maximum absolute atomic E-state index is 11.9. The van der Waals surface area contributed by atoms with Crippen molar-refractivity contribution in [3.05, 3.63) is 24.3 Å². The van der Waals surface area contributed by atoms with Crippen molar-refractivity contribution in [3.8, 4) is 11.5 Å². The van der Waals surface area contributed by atoms with Crippen molar-refractivity contribution >= 4 is 17.8 Å². The van der Waals surface area contributed by atoms with Gasteiger partial charge in [0.2, 0.25) is 0 Å². The molecule has 0 aliphatic rings. The SMILES string of the molecule is CCOc1ccccc1OCC(=O)OCC(=O)NC(CC(C)C)C(=O)OC. The van der Waals surface area contributed by atoms with Crippen molar-refractivity contribution in [1.82, 2.24) is 5.32 Å². The number of carbonyl (C=O) groups excluding carboxylic acids is 3.